The molecule has 4 heteroatoms. The third-order valence-electron chi connectivity index (χ3n) is 2.76. The molecule has 2 rings (SSSR count). The van der Waals surface area contributed by atoms with E-state index in [1.807, 2.05) is 37.3 Å². The zero-order valence-electron chi connectivity index (χ0n) is 10.9. The minimum Gasteiger partial charge on any atom is -0.459 e. The second-order valence-electron chi connectivity index (χ2n) is 4.85. The van der Waals surface area contributed by atoms with Gasteiger partial charge in [-0.3, -0.25) is 0 Å². The van der Waals surface area contributed by atoms with E-state index in [9.17, 15) is 4.79 Å². The van der Waals surface area contributed by atoms with E-state index >= 15 is 0 Å². The van der Waals surface area contributed by atoms with Gasteiger partial charge in [-0.25, -0.2) is 4.79 Å². The van der Waals surface area contributed by atoms with E-state index in [0.717, 1.165) is 5.56 Å². The van der Waals surface area contributed by atoms with Crippen molar-refractivity contribution in [2.24, 2.45) is 0 Å². The van der Waals surface area contributed by atoms with Gasteiger partial charge in [0.2, 0.25) is 0 Å². The quantitative estimate of drug-likeness (QED) is 0.772. The molecule has 0 radical (unpaired) electrons. The lowest BCUT2D eigenvalue weighted by molar-refractivity contribution is -0.171. The first-order chi connectivity index (χ1) is 8.48. The Hall–Kier alpha value is -1.39. The monoisotopic (exact) mass is 250 g/mol. The van der Waals surface area contributed by atoms with Crippen molar-refractivity contribution >= 4 is 5.97 Å². The SMILES string of the molecule is C[C@@H]1OC(C)(C)O[C@@H]1C(=O)OCc1ccccc1. The summed E-state index contributed by atoms with van der Waals surface area (Å²) in [5.74, 6) is -1.10. The van der Waals surface area contributed by atoms with Gasteiger partial charge in [-0.1, -0.05) is 30.3 Å². The van der Waals surface area contributed by atoms with Crippen LogP contribution in [-0.2, 0) is 25.6 Å². The molecule has 0 aliphatic carbocycles. The maximum Gasteiger partial charge on any atom is 0.338 e. The highest BCUT2D eigenvalue weighted by molar-refractivity contribution is 5.75. The molecule has 0 unspecified atom stereocenters. The molecule has 1 aliphatic heterocycles. The zero-order valence-corrected chi connectivity index (χ0v) is 10.9. The largest absolute Gasteiger partial charge is 0.459 e. The molecule has 1 heterocycles. The zero-order chi connectivity index (χ0) is 13.2. The number of benzene rings is 1. The van der Waals surface area contributed by atoms with Gasteiger partial charge in [0.1, 0.15) is 6.61 Å². The van der Waals surface area contributed by atoms with E-state index in [1.54, 1.807) is 13.8 Å². The Labute approximate surface area is 107 Å². The minimum absolute atomic E-state index is 0.257. The fourth-order valence-electron chi connectivity index (χ4n) is 1.99. The maximum atomic E-state index is 11.9. The van der Waals surface area contributed by atoms with Crippen LogP contribution in [0.25, 0.3) is 0 Å². The number of hydrogen-bond donors (Lipinski definition) is 0. The topological polar surface area (TPSA) is 44.8 Å². The molecule has 0 amide bonds. The van der Waals surface area contributed by atoms with Gasteiger partial charge in [0, 0.05) is 0 Å². The Morgan fingerprint density at radius 2 is 1.94 bits per heavy atom. The predicted octanol–water partition coefficient (Wildman–Crippen LogP) is 2.27. The highest BCUT2D eigenvalue weighted by atomic mass is 16.8. The van der Waals surface area contributed by atoms with Crippen LogP contribution in [0.3, 0.4) is 0 Å². The summed E-state index contributed by atoms with van der Waals surface area (Å²) in [6.45, 7) is 5.64. The number of carbonyl (C=O) groups excluding carboxylic acids is 1. The van der Waals surface area contributed by atoms with E-state index in [1.165, 1.54) is 0 Å². The Morgan fingerprint density at radius 3 is 2.50 bits per heavy atom. The van der Waals surface area contributed by atoms with Crippen LogP contribution in [0.5, 0.6) is 0 Å². The summed E-state index contributed by atoms with van der Waals surface area (Å²) in [4.78, 5) is 11.9. The molecular weight excluding hydrogens is 232 g/mol. The van der Waals surface area contributed by atoms with Gasteiger partial charge in [-0.05, 0) is 26.3 Å². The van der Waals surface area contributed by atoms with Crippen LogP contribution in [0.15, 0.2) is 30.3 Å². The van der Waals surface area contributed by atoms with Crippen LogP contribution < -0.4 is 0 Å². The first-order valence-corrected chi connectivity index (χ1v) is 6.04. The Kier molecular flexibility index (Phi) is 3.68. The molecule has 1 aromatic rings. The average Bonchev–Trinajstić information content (AvgIpc) is 2.61. The third kappa shape index (κ3) is 3.09. The molecule has 0 N–H and O–H groups in total. The minimum atomic E-state index is -0.726. The molecule has 0 saturated carbocycles. The molecule has 98 valence electrons. The Morgan fingerprint density at radius 1 is 1.28 bits per heavy atom. The normalized spacial score (nSPS) is 25.9. The van der Waals surface area contributed by atoms with Crippen molar-refractivity contribution in [1.82, 2.24) is 0 Å². The molecule has 4 nitrogen and oxygen atoms in total. The van der Waals surface area contributed by atoms with Gasteiger partial charge >= 0.3 is 5.97 Å². The van der Waals surface area contributed by atoms with Crippen molar-refractivity contribution in [2.75, 3.05) is 0 Å². The lowest BCUT2D eigenvalue weighted by Gasteiger charge is -2.16. The van der Waals surface area contributed by atoms with Crippen LogP contribution >= 0.6 is 0 Å². The summed E-state index contributed by atoms with van der Waals surface area (Å²) in [6.07, 6.45) is -0.938. The standard InChI is InChI=1S/C14H18O4/c1-10-12(18-14(2,3)17-10)13(15)16-9-11-7-5-4-6-8-11/h4-8,10,12H,9H2,1-3H3/t10-,12-/m0/s1. The molecule has 1 aromatic carbocycles. The second-order valence-corrected chi connectivity index (χ2v) is 4.85. The summed E-state index contributed by atoms with van der Waals surface area (Å²) in [7, 11) is 0. The summed E-state index contributed by atoms with van der Waals surface area (Å²) in [5.41, 5.74) is 0.955. The predicted molar refractivity (Wildman–Crippen MR) is 65.7 cm³/mol. The van der Waals surface area contributed by atoms with Crippen molar-refractivity contribution in [1.29, 1.82) is 0 Å². The molecule has 1 fully saturated rings. The first kappa shape index (κ1) is 13.1. The molecule has 0 aromatic heterocycles. The van der Waals surface area contributed by atoms with Gasteiger partial charge < -0.3 is 14.2 Å². The van der Waals surface area contributed by atoms with Crippen molar-refractivity contribution in [3.8, 4) is 0 Å². The van der Waals surface area contributed by atoms with Gasteiger partial charge in [0.05, 0.1) is 6.10 Å². The Bertz CT molecular complexity index is 413. The number of hydrogen-bond acceptors (Lipinski definition) is 4. The van der Waals surface area contributed by atoms with E-state index in [0.29, 0.717) is 0 Å². The van der Waals surface area contributed by atoms with Crippen LogP contribution in [0.2, 0.25) is 0 Å². The molecule has 2 atom stereocenters. The van der Waals surface area contributed by atoms with Crippen molar-refractivity contribution in [3.05, 3.63) is 35.9 Å². The van der Waals surface area contributed by atoms with E-state index < -0.39 is 11.9 Å². The lowest BCUT2D eigenvalue weighted by Crippen LogP contribution is -2.31. The number of esters is 1. The number of rotatable bonds is 3. The number of carbonyl (C=O) groups is 1. The van der Waals surface area contributed by atoms with Gasteiger partial charge in [0.15, 0.2) is 11.9 Å². The fourth-order valence-corrected chi connectivity index (χ4v) is 1.99. The van der Waals surface area contributed by atoms with Crippen molar-refractivity contribution in [2.45, 2.75) is 45.4 Å². The lowest BCUT2D eigenvalue weighted by atomic mass is 10.2. The molecule has 1 aliphatic rings. The molecular formula is C14H18O4. The maximum absolute atomic E-state index is 11.9. The van der Waals surface area contributed by atoms with Crippen molar-refractivity contribution in [3.63, 3.8) is 0 Å². The van der Waals surface area contributed by atoms with Crippen LogP contribution in [0, 0.1) is 0 Å². The third-order valence-corrected chi connectivity index (χ3v) is 2.76. The van der Waals surface area contributed by atoms with Crippen LogP contribution in [-0.4, -0.2) is 24.0 Å². The smallest absolute Gasteiger partial charge is 0.338 e. The highest BCUT2D eigenvalue weighted by Gasteiger charge is 2.43. The summed E-state index contributed by atoms with van der Waals surface area (Å²) >= 11 is 0. The highest BCUT2D eigenvalue weighted by Crippen LogP contribution is 2.28. The Balaban J connectivity index is 1.89. The molecule has 0 spiro atoms. The van der Waals surface area contributed by atoms with Crippen LogP contribution in [0.4, 0.5) is 0 Å². The van der Waals surface area contributed by atoms with Gasteiger partial charge in [-0.15, -0.1) is 0 Å². The molecule has 18 heavy (non-hydrogen) atoms. The van der Waals surface area contributed by atoms with Gasteiger partial charge in [0.25, 0.3) is 0 Å². The van der Waals surface area contributed by atoms with E-state index in [-0.39, 0.29) is 18.7 Å². The average molecular weight is 250 g/mol. The molecule has 0 bridgehead atoms. The summed E-state index contributed by atoms with van der Waals surface area (Å²) in [5, 5.41) is 0. The van der Waals surface area contributed by atoms with Crippen LogP contribution in [0.1, 0.15) is 26.3 Å². The fraction of sp³-hybridized carbons (Fsp3) is 0.500. The van der Waals surface area contributed by atoms with Crippen molar-refractivity contribution < 1.29 is 19.0 Å². The molecule has 1 saturated heterocycles. The number of ether oxygens (including phenoxy) is 3. The van der Waals surface area contributed by atoms with Gasteiger partial charge in [-0.2, -0.15) is 0 Å². The van der Waals surface area contributed by atoms with E-state index in [2.05, 4.69) is 0 Å². The van der Waals surface area contributed by atoms with E-state index in [4.69, 9.17) is 14.2 Å². The summed E-state index contributed by atoms with van der Waals surface area (Å²) < 4.78 is 16.3. The second kappa shape index (κ2) is 5.08. The summed E-state index contributed by atoms with van der Waals surface area (Å²) in [6, 6.07) is 9.55. The first-order valence-electron chi connectivity index (χ1n) is 6.04.